The Hall–Kier alpha value is -3.55. The van der Waals surface area contributed by atoms with Crippen molar-refractivity contribution in [3.05, 3.63) is 118 Å². The van der Waals surface area contributed by atoms with Crippen molar-refractivity contribution in [1.29, 1.82) is 0 Å². The van der Waals surface area contributed by atoms with E-state index in [1.807, 2.05) is 22.1 Å². The van der Waals surface area contributed by atoms with Crippen LogP contribution in [-0.2, 0) is 6.42 Å². The molecule has 162 valence electrons. The lowest BCUT2D eigenvalue weighted by atomic mass is 9.85. The summed E-state index contributed by atoms with van der Waals surface area (Å²) in [5.74, 6) is -1.22. The van der Waals surface area contributed by atoms with E-state index < -0.39 is 5.97 Å². The minimum Gasteiger partial charge on any atom is -0.545 e. The molecule has 0 spiro atoms. The Kier molecular flexibility index (Phi) is 4.74. The molecule has 0 amide bonds. The molecule has 0 N–H and O–H groups in total. The molecule has 0 unspecified atom stereocenters. The van der Waals surface area contributed by atoms with Gasteiger partial charge in [-0.2, -0.15) is 0 Å². The summed E-state index contributed by atoms with van der Waals surface area (Å²) in [6.07, 6.45) is 3.60. The van der Waals surface area contributed by atoms with E-state index in [1.54, 1.807) is 29.5 Å². The van der Waals surface area contributed by atoms with Gasteiger partial charge in [0, 0.05) is 10.4 Å². The van der Waals surface area contributed by atoms with Crippen LogP contribution >= 0.6 is 22.7 Å². The highest BCUT2D eigenvalue weighted by atomic mass is 32.1. The molecule has 2 aromatic heterocycles. The SMILES string of the molecule is O=C([O-])c1ccc(/C=c2/sc3n(c2=O)[C@@H](c2cccs2)C2=C(N=3)c3ccccc3CC2)cc1. The first-order chi connectivity index (χ1) is 16.1. The van der Waals surface area contributed by atoms with Gasteiger partial charge < -0.3 is 9.90 Å². The molecule has 3 heterocycles. The summed E-state index contributed by atoms with van der Waals surface area (Å²) in [6, 6.07) is 18.7. The molecule has 1 aliphatic carbocycles. The third-order valence-corrected chi connectivity index (χ3v) is 8.04. The van der Waals surface area contributed by atoms with Gasteiger partial charge in [0.1, 0.15) is 0 Å². The van der Waals surface area contributed by atoms with Gasteiger partial charge in [-0.25, -0.2) is 4.99 Å². The molecule has 0 fully saturated rings. The monoisotopic (exact) mass is 469 g/mol. The van der Waals surface area contributed by atoms with Crippen molar-refractivity contribution in [3.63, 3.8) is 0 Å². The molecule has 0 bridgehead atoms. The number of thiazole rings is 1. The van der Waals surface area contributed by atoms with Crippen LogP contribution in [0, 0.1) is 0 Å². The number of allylic oxidation sites excluding steroid dienone is 1. The lowest BCUT2D eigenvalue weighted by Gasteiger charge is -2.30. The molecule has 33 heavy (non-hydrogen) atoms. The number of carboxylic acid groups (broad SMARTS) is 1. The molecule has 0 saturated carbocycles. The average molecular weight is 470 g/mol. The molecule has 4 aromatic rings. The largest absolute Gasteiger partial charge is 0.545 e. The Balaban J connectivity index is 1.57. The zero-order valence-corrected chi connectivity index (χ0v) is 19.0. The van der Waals surface area contributed by atoms with Crippen LogP contribution in [-0.4, -0.2) is 10.5 Å². The maximum Gasteiger partial charge on any atom is 0.271 e. The first-order valence-corrected chi connectivity index (χ1v) is 12.3. The Labute approximate surface area is 196 Å². The Bertz CT molecular complexity index is 1610. The van der Waals surface area contributed by atoms with Gasteiger partial charge in [0.05, 0.1) is 22.2 Å². The van der Waals surface area contributed by atoms with Gasteiger partial charge in [0.25, 0.3) is 5.56 Å². The van der Waals surface area contributed by atoms with Crippen molar-refractivity contribution in [3.8, 4) is 0 Å². The predicted octanol–water partition coefficient (Wildman–Crippen LogP) is 2.74. The number of carbonyl (C=O) groups is 1. The molecule has 7 heteroatoms. The van der Waals surface area contributed by atoms with Crippen LogP contribution in [0.3, 0.4) is 0 Å². The maximum atomic E-state index is 13.6. The maximum absolute atomic E-state index is 13.6. The standard InChI is InChI=1S/C26H18N2O3S2/c29-24-21(14-15-7-9-17(10-8-15)25(30)31)33-26-27-22-18-5-2-1-4-16(18)11-12-19(22)23(28(24)26)20-6-3-13-32-20/h1-10,13-14,23H,11-12H2,(H,30,31)/p-1/b21-14+/t23-/m1/s1. The smallest absolute Gasteiger partial charge is 0.271 e. The number of hydrogen-bond acceptors (Lipinski definition) is 6. The van der Waals surface area contributed by atoms with Crippen molar-refractivity contribution >= 4 is 40.4 Å². The van der Waals surface area contributed by atoms with Crippen LogP contribution in [0.5, 0.6) is 0 Å². The van der Waals surface area contributed by atoms with Gasteiger partial charge in [0.15, 0.2) is 4.80 Å². The van der Waals surface area contributed by atoms with E-state index >= 15 is 0 Å². The summed E-state index contributed by atoms with van der Waals surface area (Å²) in [5.41, 5.74) is 5.40. The van der Waals surface area contributed by atoms with E-state index in [9.17, 15) is 14.7 Å². The minimum absolute atomic E-state index is 0.0773. The number of fused-ring (bicyclic) bond motifs is 3. The molecule has 6 rings (SSSR count). The lowest BCUT2D eigenvalue weighted by molar-refractivity contribution is -0.255. The first kappa shape index (κ1) is 20.1. The second-order valence-electron chi connectivity index (χ2n) is 8.04. The summed E-state index contributed by atoms with van der Waals surface area (Å²) in [4.78, 5) is 31.4. The number of rotatable bonds is 3. The molecule has 0 saturated heterocycles. The molecule has 1 atom stereocenters. The summed E-state index contributed by atoms with van der Waals surface area (Å²) in [7, 11) is 0. The van der Waals surface area contributed by atoms with Crippen LogP contribution < -0.4 is 20.0 Å². The van der Waals surface area contributed by atoms with Crippen LogP contribution in [0.1, 0.15) is 44.4 Å². The van der Waals surface area contributed by atoms with Gasteiger partial charge >= 0.3 is 0 Å². The fourth-order valence-corrected chi connectivity index (χ4v) is 6.43. The quantitative estimate of drug-likeness (QED) is 0.463. The van der Waals surface area contributed by atoms with Crippen molar-refractivity contribution < 1.29 is 9.90 Å². The van der Waals surface area contributed by atoms with Crippen molar-refractivity contribution in [2.75, 3.05) is 0 Å². The topological polar surface area (TPSA) is 74.5 Å². The molecule has 2 aromatic carbocycles. The van der Waals surface area contributed by atoms with Gasteiger partial charge in [-0.1, -0.05) is 65.9 Å². The number of aromatic carboxylic acids is 1. The Morgan fingerprint density at radius 3 is 2.64 bits per heavy atom. The third kappa shape index (κ3) is 3.32. The summed E-state index contributed by atoms with van der Waals surface area (Å²) < 4.78 is 2.40. The summed E-state index contributed by atoms with van der Waals surface area (Å²) in [6.45, 7) is 0. The molecule has 1 aliphatic heterocycles. The number of thiophene rings is 1. The van der Waals surface area contributed by atoms with Crippen LogP contribution in [0.25, 0.3) is 11.8 Å². The summed E-state index contributed by atoms with van der Waals surface area (Å²) in [5, 5.41) is 13.1. The number of carboxylic acids is 1. The minimum atomic E-state index is -1.22. The second kappa shape index (κ2) is 7.79. The van der Waals surface area contributed by atoms with Gasteiger partial charge in [-0.3, -0.25) is 9.36 Å². The zero-order valence-electron chi connectivity index (χ0n) is 17.4. The van der Waals surface area contributed by atoms with E-state index in [4.69, 9.17) is 4.99 Å². The Morgan fingerprint density at radius 2 is 1.88 bits per heavy atom. The number of benzene rings is 2. The van der Waals surface area contributed by atoms with Gasteiger partial charge in [-0.05, 0) is 52.6 Å². The van der Waals surface area contributed by atoms with Gasteiger partial charge in [0.2, 0.25) is 0 Å². The third-order valence-electron chi connectivity index (χ3n) is 6.13. The fraction of sp³-hybridized carbons (Fsp3) is 0.115. The number of aromatic nitrogens is 1. The van der Waals surface area contributed by atoms with Crippen molar-refractivity contribution in [1.82, 2.24) is 4.57 Å². The van der Waals surface area contributed by atoms with E-state index in [1.165, 1.54) is 34.6 Å². The van der Waals surface area contributed by atoms with Crippen LogP contribution in [0.15, 0.2) is 81.4 Å². The predicted molar refractivity (Wildman–Crippen MR) is 128 cm³/mol. The molecular formula is C26H17N2O3S2-. The fourth-order valence-electron chi connectivity index (χ4n) is 4.58. The molecule has 0 radical (unpaired) electrons. The van der Waals surface area contributed by atoms with E-state index in [0.29, 0.717) is 9.33 Å². The average Bonchev–Trinajstić information content (AvgIpc) is 3.47. The zero-order chi connectivity index (χ0) is 22.5. The highest BCUT2D eigenvalue weighted by Gasteiger charge is 2.32. The highest BCUT2D eigenvalue weighted by molar-refractivity contribution is 7.10. The first-order valence-electron chi connectivity index (χ1n) is 10.6. The second-order valence-corrected chi connectivity index (χ2v) is 10.0. The van der Waals surface area contributed by atoms with Crippen LogP contribution in [0.4, 0.5) is 0 Å². The van der Waals surface area contributed by atoms with Crippen molar-refractivity contribution in [2.24, 2.45) is 4.99 Å². The lowest BCUT2D eigenvalue weighted by Crippen LogP contribution is -2.38. The molecule has 2 aliphatic rings. The Morgan fingerprint density at radius 1 is 1.06 bits per heavy atom. The normalized spacial score (nSPS) is 17.2. The van der Waals surface area contributed by atoms with Gasteiger partial charge in [-0.15, -0.1) is 11.3 Å². The number of aryl methyl sites for hydroxylation is 1. The highest BCUT2D eigenvalue weighted by Crippen LogP contribution is 2.42. The van der Waals surface area contributed by atoms with E-state index in [2.05, 4.69) is 24.3 Å². The van der Waals surface area contributed by atoms with Crippen molar-refractivity contribution in [2.45, 2.75) is 18.9 Å². The molecular weight excluding hydrogens is 452 g/mol. The number of nitrogens with zero attached hydrogens (tertiary/aromatic N) is 2. The van der Waals surface area contributed by atoms with E-state index in [0.717, 1.165) is 34.5 Å². The molecule has 5 nitrogen and oxygen atoms in total. The summed E-state index contributed by atoms with van der Waals surface area (Å²) >= 11 is 3.02. The number of hydrogen-bond donors (Lipinski definition) is 0. The van der Waals surface area contributed by atoms with Crippen LogP contribution in [0.2, 0.25) is 0 Å². The van der Waals surface area contributed by atoms with E-state index in [-0.39, 0.29) is 17.2 Å². The number of carbonyl (C=O) groups excluding carboxylic acids is 1.